The van der Waals surface area contributed by atoms with E-state index in [2.05, 4.69) is 28.6 Å². The molecule has 0 saturated carbocycles. The van der Waals surface area contributed by atoms with Gasteiger partial charge in [-0.15, -0.1) is 11.3 Å². The van der Waals surface area contributed by atoms with E-state index in [-0.39, 0.29) is 11.8 Å². The molecule has 1 aliphatic rings. The number of rotatable bonds is 5. The number of hydrogen-bond donors (Lipinski definition) is 1. The van der Waals surface area contributed by atoms with Crippen LogP contribution in [0.5, 0.6) is 0 Å². The minimum atomic E-state index is -0.767. The lowest BCUT2D eigenvalue weighted by Crippen LogP contribution is -2.53. The van der Waals surface area contributed by atoms with Gasteiger partial charge in [-0.3, -0.25) is 14.6 Å². The summed E-state index contributed by atoms with van der Waals surface area (Å²) in [6.45, 7) is 0.931. The molecule has 1 fully saturated rings. The van der Waals surface area contributed by atoms with Crippen molar-refractivity contribution in [2.75, 3.05) is 13.1 Å². The van der Waals surface area contributed by atoms with E-state index >= 15 is 0 Å². The SMILES string of the molecule is NC(=O)[C@]1(Cc2cccc(-c3cccs3)c2)CCCN(C(=O)c2ccccn2)C1. The average molecular weight is 406 g/mol. The summed E-state index contributed by atoms with van der Waals surface area (Å²) in [4.78, 5) is 32.5. The van der Waals surface area contributed by atoms with Crippen molar-refractivity contribution in [3.05, 3.63) is 77.4 Å². The molecule has 148 valence electrons. The summed E-state index contributed by atoms with van der Waals surface area (Å²) >= 11 is 1.69. The lowest BCUT2D eigenvalue weighted by Gasteiger charge is -2.40. The quantitative estimate of drug-likeness (QED) is 0.702. The van der Waals surface area contributed by atoms with Crippen LogP contribution in [0.15, 0.2) is 66.2 Å². The van der Waals surface area contributed by atoms with Gasteiger partial charge in [0.25, 0.3) is 5.91 Å². The van der Waals surface area contributed by atoms with Crippen molar-refractivity contribution in [2.24, 2.45) is 11.1 Å². The van der Waals surface area contributed by atoms with Gasteiger partial charge in [0.2, 0.25) is 5.91 Å². The van der Waals surface area contributed by atoms with Gasteiger partial charge in [0.05, 0.1) is 5.41 Å². The number of nitrogens with zero attached hydrogens (tertiary/aromatic N) is 2. The average Bonchev–Trinajstić information content (AvgIpc) is 3.29. The number of primary amides is 1. The van der Waals surface area contributed by atoms with Crippen LogP contribution in [0.3, 0.4) is 0 Å². The summed E-state index contributed by atoms with van der Waals surface area (Å²) in [5, 5.41) is 2.05. The molecule has 1 aromatic carbocycles. The number of piperidine rings is 1. The van der Waals surface area contributed by atoms with Crippen LogP contribution in [0.2, 0.25) is 0 Å². The normalized spacial score (nSPS) is 19.1. The van der Waals surface area contributed by atoms with Crippen molar-refractivity contribution >= 4 is 23.2 Å². The predicted octanol–water partition coefficient (Wildman–Crippen LogP) is 3.76. The van der Waals surface area contributed by atoms with Crippen molar-refractivity contribution in [1.29, 1.82) is 0 Å². The van der Waals surface area contributed by atoms with Crippen molar-refractivity contribution < 1.29 is 9.59 Å². The summed E-state index contributed by atoms with van der Waals surface area (Å²) in [6.07, 6.45) is 3.55. The lowest BCUT2D eigenvalue weighted by atomic mass is 9.74. The Hall–Kier alpha value is -2.99. The second kappa shape index (κ2) is 8.17. The molecule has 5 nitrogen and oxygen atoms in total. The Morgan fingerprint density at radius 2 is 2.03 bits per heavy atom. The first-order chi connectivity index (χ1) is 14.1. The molecule has 29 heavy (non-hydrogen) atoms. The van der Waals surface area contributed by atoms with Crippen LogP contribution in [0, 0.1) is 5.41 Å². The minimum absolute atomic E-state index is 0.150. The number of carbonyl (C=O) groups excluding carboxylic acids is 2. The third-order valence-corrected chi connectivity index (χ3v) is 6.46. The highest BCUT2D eigenvalue weighted by Crippen LogP contribution is 2.35. The molecule has 4 rings (SSSR count). The second-order valence-electron chi connectivity index (χ2n) is 7.54. The molecule has 3 heterocycles. The van der Waals surface area contributed by atoms with Crippen LogP contribution < -0.4 is 5.73 Å². The molecule has 1 atom stereocenters. The van der Waals surface area contributed by atoms with E-state index < -0.39 is 5.41 Å². The number of amides is 2. The van der Waals surface area contributed by atoms with Crippen LogP contribution in [0.25, 0.3) is 10.4 Å². The van der Waals surface area contributed by atoms with E-state index in [1.165, 1.54) is 4.88 Å². The number of thiophene rings is 1. The topological polar surface area (TPSA) is 76.3 Å². The van der Waals surface area contributed by atoms with Gasteiger partial charge >= 0.3 is 0 Å². The largest absolute Gasteiger partial charge is 0.369 e. The zero-order valence-electron chi connectivity index (χ0n) is 16.1. The monoisotopic (exact) mass is 405 g/mol. The molecule has 0 bridgehead atoms. The van der Waals surface area contributed by atoms with Crippen LogP contribution >= 0.6 is 11.3 Å². The summed E-state index contributed by atoms with van der Waals surface area (Å²) in [7, 11) is 0. The third kappa shape index (κ3) is 4.07. The molecule has 0 spiro atoms. The van der Waals surface area contributed by atoms with Gasteiger partial charge in [-0.25, -0.2) is 0 Å². The van der Waals surface area contributed by atoms with Crippen molar-refractivity contribution in [2.45, 2.75) is 19.3 Å². The van der Waals surface area contributed by atoms with Gasteiger partial charge in [0.1, 0.15) is 5.69 Å². The number of carbonyl (C=O) groups is 2. The number of benzene rings is 1. The molecule has 0 unspecified atom stereocenters. The van der Waals surface area contributed by atoms with E-state index in [4.69, 9.17) is 5.73 Å². The molecule has 2 amide bonds. The van der Waals surface area contributed by atoms with E-state index in [0.717, 1.165) is 17.5 Å². The molecular weight excluding hydrogens is 382 g/mol. The van der Waals surface area contributed by atoms with E-state index in [1.54, 1.807) is 40.6 Å². The highest BCUT2D eigenvalue weighted by Gasteiger charge is 2.42. The Kier molecular flexibility index (Phi) is 5.45. The first kappa shape index (κ1) is 19.3. The first-order valence-electron chi connectivity index (χ1n) is 9.70. The summed E-state index contributed by atoms with van der Waals surface area (Å²) in [5.74, 6) is -0.499. The highest BCUT2D eigenvalue weighted by molar-refractivity contribution is 7.13. The maximum Gasteiger partial charge on any atom is 0.272 e. The van der Waals surface area contributed by atoms with Gasteiger partial charge in [0.15, 0.2) is 0 Å². The fourth-order valence-corrected chi connectivity index (χ4v) is 4.78. The number of hydrogen-bond acceptors (Lipinski definition) is 4. The molecule has 0 aliphatic carbocycles. The maximum absolute atomic E-state index is 12.9. The van der Waals surface area contributed by atoms with Gasteiger partial charge in [-0.2, -0.15) is 0 Å². The fourth-order valence-electron chi connectivity index (χ4n) is 4.06. The lowest BCUT2D eigenvalue weighted by molar-refractivity contribution is -0.130. The first-order valence-corrected chi connectivity index (χ1v) is 10.6. The highest BCUT2D eigenvalue weighted by atomic mass is 32.1. The predicted molar refractivity (Wildman–Crippen MR) is 114 cm³/mol. The second-order valence-corrected chi connectivity index (χ2v) is 8.49. The van der Waals surface area contributed by atoms with Crippen molar-refractivity contribution in [3.63, 3.8) is 0 Å². The van der Waals surface area contributed by atoms with Crippen molar-refractivity contribution in [3.8, 4) is 10.4 Å². The number of likely N-dealkylation sites (tertiary alicyclic amines) is 1. The number of aromatic nitrogens is 1. The molecule has 3 aromatic rings. The zero-order valence-corrected chi connectivity index (χ0v) is 16.9. The van der Waals surface area contributed by atoms with Crippen molar-refractivity contribution in [1.82, 2.24) is 9.88 Å². The van der Waals surface area contributed by atoms with Crippen LogP contribution in [-0.4, -0.2) is 34.8 Å². The van der Waals surface area contributed by atoms with Crippen LogP contribution in [0.4, 0.5) is 0 Å². The summed E-state index contributed by atoms with van der Waals surface area (Å²) in [6, 6.07) is 17.6. The molecule has 1 aliphatic heterocycles. The van der Waals surface area contributed by atoms with E-state index in [1.807, 2.05) is 18.2 Å². The third-order valence-electron chi connectivity index (χ3n) is 5.55. The van der Waals surface area contributed by atoms with Crippen LogP contribution in [-0.2, 0) is 11.2 Å². The van der Waals surface area contributed by atoms with Gasteiger partial charge in [-0.1, -0.05) is 36.4 Å². The maximum atomic E-state index is 12.9. The Bertz CT molecular complexity index is 1000. The standard InChI is InChI=1S/C23H23N3O2S/c24-22(28)23(15-17-6-3-7-18(14-17)20-9-4-13-29-20)10-5-12-26(16-23)21(27)19-8-1-2-11-25-19/h1-4,6-9,11,13-14H,5,10,12,15-16H2,(H2,24,28)/t23-/m0/s1. The Labute approximate surface area is 174 Å². The molecule has 1 saturated heterocycles. The van der Waals surface area contributed by atoms with Gasteiger partial charge in [-0.05, 0) is 54.0 Å². The Balaban J connectivity index is 1.59. The Morgan fingerprint density at radius 1 is 1.14 bits per heavy atom. The molecule has 6 heteroatoms. The Morgan fingerprint density at radius 3 is 2.76 bits per heavy atom. The zero-order chi connectivity index (χ0) is 20.3. The van der Waals surface area contributed by atoms with Gasteiger partial charge < -0.3 is 10.6 Å². The van der Waals surface area contributed by atoms with Crippen LogP contribution in [0.1, 0.15) is 28.9 Å². The fraction of sp³-hybridized carbons (Fsp3) is 0.261. The molecule has 0 radical (unpaired) electrons. The minimum Gasteiger partial charge on any atom is -0.369 e. The van der Waals surface area contributed by atoms with E-state index in [0.29, 0.717) is 31.6 Å². The molecule has 2 N–H and O–H groups in total. The summed E-state index contributed by atoms with van der Waals surface area (Å²) < 4.78 is 0. The summed E-state index contributed by atoms with van der Waals surface area (Å²) in [5.41, 5.74) is 7.71. The van der Waals surface area contributed by atoms with Gasteiger partial charge in [0, 0.05) is 24.2 Å². The van der Waals surface area contributed by atoms with E-state index in [9.17, 15) is 9.59 Å². The number of nitrogens with two attached hydrogens (primary N) is 1. The molecular formula is C23H23N3O2S. The smallest absolute Gasteiger partial charge is 0.272 e. The molecule has 2 aromatic heterocycles. The number of pyridine rings is 1.